The van der Waals surface area contributed by atoms with Gasteiger partial charge in [-0.1, -0.05) is 0 Å². The van der Waals surface area contributed by atoms with Crippen molar-refractivity contribution >= 4 is 5.97 Å². The highest BCUT2D eigenvalue weighted by atomic mass is 16.4. The van der Waals surface area contributed by atoms with Crippen LogP contribution in [-0.4, -0.2) is 33.5 Å². The minimum absolute atomic E-state index is 0.0840. The van der Waals surface area contributed by atoms with Gasteiger partial charge in [0.05, 0.1) is 12.0 Å². The lowest BCUT2D eigenvalue weighted by Gasteiger charge is -2.25. The lowest BCUT2D eigenvalue weighted by atomic mass is 9.90. The molecule has 0 heterocycles. The summed E-state index contributed by atoms with van der Waals surface area (Å²) in [6.07, 6.45) is 1.68. The number of carboxylic acid groups (broad SMARTS) is 1. The summed E-state index contributed by atoms with van der Waals surface area (Å²) in [5.41, 5.74) is -1.17. The summed E-state index contributed by atoms with van der Waals surface area (Å²) in [6, 6.07) is 0. The van der Waals surface area contributed by atoms with Crippen LogP contribution in [0.15, 0.2) is 0 Å². The van der Waals surface area contributed by atoms with Crippen LogP contribution in [0.5, 0.6) is 0 Å². The molecule has 0 amide bonds. The minimum atomic E-state index is -1.17. The number of aliphatic carboxylic acids is 1. The van der Waals surface area contributed by atoms with E-state index in [1.54, 1.807) is 0 Å². The molecule has 1 saturated carbocycles. The van der Waals surface area contributed by atoms with E-state index < -0.39 is 11.6 Å². The highest BCUT2D eigenvalue weighted by Crippen LogP contribution is 2.43. The molecule has 4 nitrogen and oxygen atoms in total. The fraction of sp³-hybridized carbons (Fsp3) is 0.875. The van der Waals surface area contributed by atoms with Crippen LogP contribution in [0.1, 0.15) is 25.7 Å². The predicted molar refractivity (Wildman–Crippen MR) is 41.6 cm³/mol. The van der Waals surface area contributed by atoms with Crippen LogP contribution in [-0.2, 0) is 4.79 Å². The third-order valence-corrected chi connectivity index (χ3v) is 2.34. The third-order valence-electron chi connectivity index (χ3n) is 2.34. The van der Waals surface area contributed by atoms with Crippen molar-refractivity contribution in [2.75, 3.05) is 6.61 Å². The summed E-state index contributed by atoms with van der Waals surface area (Å²) in [5.74, 6) is -0.918. The van der Waals surface area contributed by atoms with Crippen LogP contribution >= 0.6 is 0 Å². The summed E-state index contributed by atoms with van der Waals surface area (Å²) in [7, 11) is 0. The van der Waals surface area contributed by atoms with Gasteiger partial charge in [-0.2, -0.15) is 0 Å². The van der Waals surface area contributed by atoms with Crippen molar-refractivity contribution in [3.05, 3.63) is 0 Å². The molecule has 0 aromatic heterocycles. The van der Waals surface area contributed by atoms with Crippen LogP contribution in [0.2, 0.25) is 0 Å². The molecule has 12 heavy (non-hydrogen) atoms. The van der Waals surface area contributed by atoms with Crippen LogP contribution in [0.25, 0.3) is 0 Å². The zero-order valence-electron chi connectivity index (χ0n) is 6.86. The number of hydrogen-bond donors (Lipinski definition) is 3. The van der Waals surface area contributed by atoms with Crippen molar-refractivity contribution in [2.24, 2.45) is 5.92 Å². The smallest absolute Gasteiger partial charge is 0.306 e. The van der Waals surface area contributed by atoms with E-state index in [4.69, 9.17) is 10.2 Å². The first kappa shape index (κ1) is 9.48. The Bertz CT molecular complexity index is 176. The molecule has 0 bridgehead atoms. The Morgan fingerprint density at radius 2 is 2.08 bits per heavy atom. The molecule has 70 valence electrons. The van der Waals surface area contributed by atoms with E-state index in [-0.39, 0.29) is 25.4 Å². The van der Waals surface area contributed by atoms with Crippen molar-refractivity contribution in [2.45, 2.75) is 31.3 Å². The standard InChI is InChI=1S/C8H14O4/c9-4-3-8(12,5-7(10)11)6-1-2-6/h6,9,12H,1-5H2,(H,10,11). The molecule has 0 aromatic rings. The maximum atomic E-state index is 10.4. The first-order valence-electron chi connectivity index (χ1n) is 4.13. The molecule has 4 heteroatoms. The van der Waals surface area contributed by atoms with Crippen molar-refractivity contribution in [1.82, 2.24) is 0 Å². The second-order valence-electron chi connectivity index (χ2n) is 3.42. The second-order valence-corrected chi connectivity index (χ2v) is 3.42. The molecular formula is C8H14O4. The molecule has 1 aliphatic rings. The van der Waals surface area contributed by atoms with E-state index in [2.05, 4.69) is 0 Å². The molecule has 1 unspecified atom stereocenters. The number of rotatable bonds is 5. The van der Waals surface area contributed by atoms with E-state index in [0.717, 1.165) is 12.8 Å². The van der Waals surface area contributed by atoms with Gasteiger partial charge in [-0.3, -0.25) is 4.79 Å². The molecule has 1 aliphatic carbocycles. The van der Waals surface area contributed by atoms with Gasteiger partial charge in [-0.25, -0.2) is 0 Å². The van der Waals surface area contributed by atoms with Gasteiger partial charge in [0.1, 0.15) is 0 Å². The highest BCUT2D eigenvalue weighted by molar-refractivity contribution is 5.68. The average molecular weight is 174 g/mol. The van der Waals surface area contributed by atoms with Crippen molar-refractivity contribution < 1.29 is 20.1 Å². The molecule has 0 aliphatic heterocycles. The Morgan fingerprint density at radius 3 is 2.42 bits per heavy atom. The van der Waals surface area contributed by atoms with E-state index in [1.807, 2.05) is 0 Å². The Labute approximate surface area is 70.8 Å². The molecule has 1 atom stereocenters. The quantitative estimate of drug-likeness (QED) is 0.547. The van der Waals surface area contributed by atoms with Crippen LogP contribution in [0.4, 0.5) is 0 Å². The third kappa shape index (κ3) is 2.19. The zero-order valence-corrected chi connectivity index (χ0v) is 6.86. The van der Waals surface area contributed by atoms with Gasteiger partial charge in [0.15, 0.2) is 0 Å². The topological polar surface area (TPSA) is 77.8 Å². The Morgan fingerprint density at radius 1 is 1.50 bits per heavy atom. The van der Waals surface area contributed by atoms with E-state index in [0.29, 0.717) is 0 Å². The van der Waals surface area contributed by atoms with Crippen molar-refractivity contribution in [1.29, 1.82) is 0 Å². The first-order valence-corrected chi connectivity index (χ1v) is 4.13. The molecule has 0 saturated heterocycles. The molecule has 0 spiro atoms. The normalized spacial score (nSPS) is 21.8. The molecule has 1 rings (SSSR count). The van der Waals surface area contributed by atoms with Crippen molar-refractivity contribution in [3.8, 4) is 0 Å². The van der Waals surface area contributed by atoms with E-state index in [9.17, 15) is 9.90 Å². The average Bonchev–Trinajstić information content (AvgIpc) is 2.65. The van der Waals surface area contributed by atoms with Gasteiger partial charge < -0.3 is 15.3 Å². The first-order chi connectivity index (χ1) is 5.58. The minimum Gasteiger partial charge on any atom is -0.481 e. The molecular weight excluding hydrogens is 160 g/mol. The number of aliphatic hydroxyl groups is 2. The molecule has 3 N–H and O–H groups in total. The zero-order chi connectivity index (χ0) is 9.19. The molecule has 1 fully saturated rings. The van der Waals surface area contributed by atoms with Gasteiger partial charge >= 0.3 is 5.97 Å². The van der Waals surface area contributed by atoms with Gasteiger partial charge in [0, 0.05) is 13.0 Å². The monoisotopic (exact) mass is 174 g/mol. The van der Waals surface area contributed by atoms with Crippen LogP contribution in [0, 0.1) is 5.92 Å². The summed E-state index contributed by atoms with van der Waals surface area (Å²) in [4.78, 5) is 10.4. The Kier molecular flexibility index (Phi) is 2.69. The van der Waals surface area contributed by atoms with Crippen LogP contribution < -0.4 is 0 Å². The Balaban J connectivity index is 2.51. The lowest BCUT2D eigenvalue weighted by molar-refractivity contribution is -0.144. The lowest BCUT2D eigenvalue weighted by Crippen LogP contribution is -2.35. The Hall–Kier alpha value is -0.610. The van der Waals surface area contributed by atoms with E-state index >= 15 is 0 Å². The largest absolute Gasteiger partial charge is 0.481 e. The summed E-state index contributed by atoms with van der Waals surface area (Å²) >= 11 is 0. The molecule has 0 radical (unpaired) electrons. The van der Waals surface area contributed by atoms with Crippen LogP contribution in [0.3, 0.4) is 0 Å². The maximum Gasteiger partial charge on any atom is 0.306 e. The fourth-order valence-electron chi connectivity index (χ4n) is 1.51. The maximum absolute atomic E-state index is 10.4. The number of carboxylic acids is 1. The summed E-state index contributed by atoms with van der Waals surface area (Å²) in [6.45, 7) is -0.153. The van der Waals surface area contributed by atoms with E-state index in [1.165, 1.54) is 0 Å². The summed E-state index contributed by atoms with van der Waals surface area (Å²) in [5, 5.41) is 26.9. The second kappa shape index (κ2) is 3.41. The summed E-state index contributed by atoms with van der Waals surface area (Å²) < 4.78 is 0. The number of aliphatic hydroxyl groups excluding tert-OH is 1. The highest BCUT2D eigenvalue weighted by Gasteiger charge is 2.44. The SMILES string of the molecule is O=C(O)CC(O)(CCO)C1CC1. The van der Waals surface area contributed by atoms with Gasteiger partial charge in [0.25, 0.3) is 0 Å². The van der Waals surface area contributed by atoms with Crippen molar-refractivity contribution in [3.63, 3.8) is 0 Å². The predicted octanol–water partition coefficient (Wildman–Crippen LogP) is -0.0154. The molecule has 0 aromatic carbocycles. The van der Waals surface area contributed by atoms with Gasteiger partial charge in [-0.05, 0) is 18.8 Å². The number of hydrogen-bond acceptors (Lipinski definition) is 3. The van der Waals surface area contributed by atoms with Gasteiger partial charge in [0.2, 0.25) is 0 Å². The fourth-order valence-corrected chi connectivity index (χ4v) is 1.51. The van der Waals surface area contributed by atoms with Gasteiger partial charge in [-0.15, -0.1) is 0 Å². The number of carbonyl (C=O) groups is 1.